The van der Waals surface area contributed by atoms with E-state index in [1.54, 1.807) is 22.6 Å². The van der Waals surface area contributed by atoms with Gasteiger partial charge >= 0.3 is 5.69 Å². The molecular formula is C26H30N6O3. The summed E-state index contributed by atoms with van der Waals surface area (Å²) in [6, 6.07) is 13.8. The van der Waals surface area contributed by atoms with Gasteiger partial charge in [0.2, 0.25) is 0 Å². The Hall–Kier alpha value is -3.88. The predicted octanol–water partition coefficient (Wildman–Crippen LogP) is 3.40. The lowest BCUT2D eigenvalue weighted by Gasteiger charge is -2.35. The van der Waals surface area contributed by atoms with Crippen LogP contribution in [0.4, 0.5) is 5.69 Å². The predicted molar refractivity (Wildman–Crippen MR) is 134 cm³/mol. The molecule has 3 aromatic heterocycles. The van der Waals surface area contributed by atoms with Crippen molar-refractivity contribution in [2.24, 2.45) is 12.5 Å². The molecular weight excluding hydrogens is 444 g/mol. The van der Waals surface area contributed by atoms with Crippen LogP contribution in [0.15, 0.2) is 58.0 Å². The standard InChI is InChI=1S/C26H30N6O3/c1-26(2,3)17-32-22-9-8-20(27-23(22)29(4)25(32)34)18-6-5-7-19(16-18)30-11-13-31(14-12-30)24(33)21-10-15-35-28-21/h5-10,15-16H,11-14,17H2,1-4H3. The minimum absolute atomic E-state index is 0.0191. The van der Waals surface area contributed by atoms with Gasteiger partial charge in [-0.3, -0.25) is 13.9 Å². The average molecular weight is 475 g/mol. The summed E-state index contributed by atoms with van der Waals surface area (Å²) >= 11 is 0. The number of pyridine rings is 1. The summed E-state index contributed by atoms with van der Waals surface area (Å²) in [5, 5.41) is 3.76. The van der Waals surface area contributed by atoms with E-state index in [4.69, 9.17) is 9.51 Å². The van der Waals surface area contributed by atoms with E-state index in [2.05, 4.69) is 43.0 Å². The molecule has 0 atom stereocenters. The van der Waals surface area contributed by atoms with Crippen molar-refractivity contribution in [3.8, 4) is 11.3 Å². The molecule has 0 unspecified atom stereocenters. The van der Waals surface area contributed by atoms with Crippen molar-refractivity contribution in [2.45, 2.75) is 27.3 Å². The van der Waals surface area contributed by atoms with Gasteiger partial charge in [-0.2, -0.15) is 0 Å². The molecule has 0 spiro atoms. The van der Waals surface area contributed by atoms with Crippen molar-refractivity contribution >= 4 is 22.8 Å². The second kappa shape index (κ2) is 8.72. The SMILES string of the molecule is Cn1c(=O)n(CC(C)(C)C)c2ccc(-c3cccc(N4CCN(C(=O)c5ccon5)CC4)c3)nc21. The van der Waals surface area contributed by atoms with Crippen molar-refractivity contribution in [2.75, 3.05) is 31.1 Å². The van der Waals surface area contributed by atoms with Crippen molar-refractivity contribution in [1.29, 1.82) is 0 Å². The number of anilines is 1. The Morgan fingerprint density at radius 2 is 1.83 bits per heavy atom. The molecule has 0 aliphatic carbocycles. The van der Waals surface area contributed by atoms with Crippen molar-refractivity contribution in [1.82, 2.24) is 24.2 Å². The summed E-state index contributed by atoms with van der Waals surface area (Å²) in [4.78, 5) is 34.3. The zero-order valence-corrected chi connectivity index (χ0v) is 20.6. The molecule has 182 valence electrons. The zero-order chi connectivity index (χ0) is 24.7. The Kier molecular flexibility index (Phi) is 5.70. The Labute approximate surface area is 203 Å². The highest BCUT2D eigenvalue weighted by atomic mass is 16.5. The van der Waals surface area contributed by atoms with Crippen LogP contribution in [-0.2, 0) is 13.6 Å². The number of fused-ring (bicyclic) bond motifs is 1. The minimum atomic E-state index is -0.103. The molecule has 5 rings (SSSR count). The molecule has 0 bridgehead atoms. The largest absolute Gasteiger partial charge is 0.368 e. The van der Waals surface area contributed by atoms with E-state index in [1.165, 1.54) is 6.26 Å². The van der Waals surface area contributed by atoms with Crippen LogP contribution in [0.25, 0.3) is 22.4 Å². The number of imidazole rings is 1. The first kappa shape index (κ1) is 22.9. The normalized spacial score (nSPS) is 14.6. The van der Waals surface area contributed by atoms with Gasteiger partial charge in [0.05, 0.1) is 11.2 Å². The van der Waals surface area contributed by atoms with Crippen LogP contribution in [0.3, 0.4) is 0 Å². The Morgan fingerprint density at radius 1 is 1.06 bits per heavy atom. The van der Waals surface area contributed by atoms with Gasteiger partial charge in [-0.1, -0.05) is 38.1 Å². The number of nitrogens with zero attached hydrogens (tertiary/aromatic N) is 6. The van der Waals surface area contributed by atoms with Crippen LogP contribution >= 0.6 is 0 Å². The van der Waals surface area contributed by atoms with E-state index >= 15 is 0 Å². The molecule has 1 saturated heterocycles. The van der Waals surface area contributed by atoms with Crippen LogP contribution in [0.5, 0.6) is 0 Å². The lowest BCUT2D eigenvalue weighted by molar-refractivity contribution is 0.0736. The third-order valence-corrected chi connectivity index (χ3v) is 6.34. The number of piperazine rings is 1. The first-order valence-electron chi connectivity index (χ1n) is 11.8. The van der Waals surface area contributed by atoms with E-state index in [0.717, 1.165) is 35.6 Å². The van der Waals surface area contributed by atoms with Crippen molar-refractivity contribution in [3.05, 3.63) is 64.9 Å². The molecule has 1 amide bonds. The second-order valence-corrected chi connectivity index (χ2v) is 10.2. The van der Waals surface area contributed by atoms with E-state index in [-0.39, 0.29) is 17.0 Å². The van der Waals surface area contributed by atoms with Crippen LogP contribution in [0.1, 0.15) is 31.3 Å². The molecule has 9 heteroatoms. The fourth-order valence-corrected chi connectivity index (χ4v) is 4.58. The molecule has 1 aliphatic rings. The van der Waals surface area contributed by atoms with Gasteiger partial charge in [-0.05, 0) is 29.7 Å². The van der Waals surface area contributed by atoms with E-state index < -0.39 is 0 Å². The second-order valence-electron chi connectivity index (χ2n) is 10.2. The van der Waals surface area contributed by atoms with Gasteiger partial charge in [0.15, 0.2) is 11.3 Å². The molecule has 9 nitrogen and oxygen atoms in total. The lowest BCUT2D eigenvalue weighted by Crippen LogP contribution is -2.48. The van der Waals surface area contributed by atoms with Gasteiger partial charge in [-0.25, -0.2) is 9.78 Å². The monoisotopic (exact) mass is 474 g/mol. The van der Waals surface area contributed by atoms with Crippen LogP contribution in [-0.4, -0.2) is 56.3 Å². The molecule has 1 fully saturated rings. The Bertz CT molecular complexity index is 1420. The van der Waals surface area contributed by atoms with Gasteiger partial charge < -0.3 is 14.3 Å². The molecule has 1 aliphatic heterocycles. The maximum absolute atomic E-state index is 12.9. The molecule has 0 N–H and O–H groups in total. The molecule has 1 aromatic carbocycles. The van der Waals surface area contributed by atoms with Crippen molar-refractivity contribution < 1.29 is 9.32 Å². The average Bonchev–Trinajstić information content (AvgIpc) is 3.47. The number of aromatic nitrogens is 4. The molecule has 35 heavy (non-hydrogen) atoms. The fraction of sp³-hybridized carbons (Fsp3) is 0.385. The van der Waals surface area contributed by atoms with E-state index in [0.29, 0.717) is 31.0 Å². The highest BCUT2D eigenvalue weighted by Crippen LogP contribution is 2.27. The van der Waals surface area contributed by atoms with Gasteiger partial charge in [0.1, 0.15) is 6.26 Å². The maximum Gasteiger partial charge on any atom is 0.330 e. The third-order valence-electron chi connectivity index (χ3n) is 6.34. The van der Waals surface area contributed by atoms with Gasteiger partial charge in [0.25, 0.3) is 5.91 Å². The minimum Gasteiger partial charge on any atom is -0.368 e. The Morgan fingerprint density at radius 3 is 2.51 bits per heavy atom. The number of benzene rings is 1. The molecule has 4 heterocycles. The lowest BCUT2D eigenvalue weighted by atomic mass is 9.97. The number of rotatable bonds is 4. The maximum atomic E-state index is 12.9. The quantitative estimate of drug-likeness (QED) is 0.450. The first-order valence-corrected chi connectivity index (χ1v) is 11.8. The number of carbonyl (C=O) groups is 1. The first-order chi connectivity index (χ1) is 16.7. The highest BCUT2D eigenvalue weighted by Gasteiger charge is 2.24. The van der Waals surface area contributed by atoms with Gasteiger partial charge in [0, 0.05) is 57.1 Å². The third kappa shape index (κ3) is 4.45. The molecule has 0 saturated carbocycles. The topological polar surface area (TPSA) is 89.4 Å². The summed E-state index contributed by atoms with van der Waals surface area (Å²) in [5.41, 5.74) is 4.69. The molecule has 4 aromatic rings. The Balaban J connectivity index is 1.37. The van der Waals surface area contributed by atoms with Crippen molar-refractivity contribution in [3.63, 3.8) is 0 Å². The summed E-state index contributed by atoms with van der Waals surface area (Å²) in [6.45, 7) is 9.67. The summed E-state index contributed by atoms with van der Waals surface area (Å²) in [6.07, 6.45) is 1.41. The number of carbonyl (C=O) groups excluding carboxylic acids is 1. The summed E-state index contributed by atoms with van der Waals surface area (Å²) in [7, 11) is 1.77. The summed E-state index contributed by atoms with van der Waals surface area (Å²) in [5.74, 6) is -0.103. The number of hydrogen-bond acceptors (Lipinski definition) is 6. The number of hydrogen-bond donors (Lipinski definition) is 0. The van der Waals surface area contributed by atoms with Crippen LogP contribution in [0, 0.1) is 5.41 Å². The molecule has 0 radical (unpaired) electrons. The smallest absolute Gasteiger partial charge is 0.330 e. The van der Waals surface area contributed by atoms with Crippen LogP contribution < -0.4 is 10.6 Å². The highest BCUT2D eigenvalue weighted by molar-refractivity contribution is 5.92. The van der Waals surface area contributed by atoms with Gasteiger partial charge in [-0.15, -0.1) is 0 Å². The van der Waals surface area contributed by atoms with Crippen LogP contribution in [0.2, 0.25) is 0 Å². The number of amides is 1. The fourth-order valence-electron chi connectivity index (χ4n) is 4.58. The van der Waals surface area contributed by atoms with E-state index in [9.17, 15) is 9.59 Å². The number of aryl methyl sites for hydroxylation is 1. The summed E-state index contributed by atoms with van der Waals surface area (Å²) < 4.78 is 8.23. The zero-order valence-electron chi connectivity index (χ0n) is 20.6. The van der Waals surface area contributed by atoms with E-state index in [1.807, 2.05) is 28.8 Å².